The third-order valence-electron chi connectivity index (χ3n) is 4.41. The molecular formula is C21H42NO4+. The number of carbonyl (C=O) groups excluding carboxylic acids is 2. The average Bonchev–Trinajstić information content (AvgIpc) is 2.54. The summed E-state index contributed by atoms with van der Waals surface area (Å²) in [6.07, 6.45) is 12.1. The van der Waals surface area contributed by atoms with Crippen LogP contribution in [0.3, 0.4) is 0 Å². The Morgan fingerprint density at radius 3 is 1.85 bits per heavy atom. The monoisotopic (exact) mass is 372 g/mol. The first-order valence-corrected chi connectivity index (χ1v) is 10.5. The molecule has 0 N–H and O–H groups in total. The SMILES string of the molecule is CCCCCCCCCCCC[N+](C)(C)CC(=O)OC(=O)OCC(C)C. The molecule has 0 radical (unpaired) electrons. The van der Waals surface area contributed by atoms with Crippen molar-refractivity contribution < 1.29 is 23.5 Å². The quantitative estimate of drug-likeness (QED) is 0.169. The van der Waals surface area contributed by atoms with Crippen molar-refractivity contribution in [2.45, 2.75) is 85.0 Å². The molecule has 0 saturated carbocycles. The molecule has 0 aromatic rings. The van der Waals surface area contributed by atoms with Gasteiger partial charge >= 0.3 is 12.1 Å². The Bertz CT molecular complexity index is 380. The molecular weight excluding hydrogens is 330 g/mol. The maximum atomic E-state index is 11.9. The highest BCUT2D eigenvalue weighted by Crippen LogP contribution is 2.11. The Morgan fingerprint density at radius 2 is 1.35 bits per heavy atom. The summed E-state index contributed by atoms with van der Waals surface area (Å²) in [6, 6.07) is 0. The van der Waals surface area contributed by atoms with Crippen molar-refractivity contribution in [2.75, 3.05) is 33.8 Å². The Labute approximate surface area is 161 Å². The van der Waals surface area contributed by atoms with Crippen molar-refractivity contribution in [1.29, 1.82) is 0 Å². The number of rotatable bonds is 15. The van der Waals surface area contributed by atoms with E-state index in [2.05, 4.69) is 6.92 Å². The third-order valence-corrected chi connectivity index (χ3v) is 4.41. The first-order chi connectivity index (χ1) is 12.3. The summed E-state index contributed by atoms with van der Waals surface area (Å²) in [5.74, 6) is -0.294. The van der Waals surface area contributed by atoms with Gasteiger partial charge in [-0.3, -0.25) is 0 Å². The molecule has 0 aliphatic carbocycles. The second-order valence-electron chi connectivity index (χ2n) is 8.43. The third kappa shape index (κ3) is 16.4. The molecule has 0 amide bonds. The van der Waals surface area contributed by atoms with Crippen molar-refractivity contribution in [2.24, 2.45) is 5.92 Å². The number of unbranched alkanes of at least 4 members (excludes halogenated alkanes) is 9. The molecule has 5 heteroatoms. The summed E-state index contributed by atoms with van der Waals surface area (Å²) >= 11 is 0. The number of ether oxygens (including phenoxy) is 2. The summed E-state index contributed by atoms with van der Waals surface area (Å²) < 4.78 is 10.1. The Kier molecular flexibility index (Phi) is 14.4. The first-order valence-electron chi connectivity index (χ1n) is 10.5. The zero-order chi connectivity index (χ0) is 19.8. The molecule has 0 atom stereocenters. The van der Waals surface area contributed by atoms with E-state index in [9.17, 15) is 9.59 Å². The lowest BCUT2D eigenvalue weighted by atomic mass is 10.1. The Morgan fingerprint density at radius 1 is 0.846 bits per heavy atom. The largest absolute Gasteiger partial charge is 0.516 e. The van der Waals surface area contributed by atoms with Gasteiger partial charge in [-0.2, -0.15) is 0 Å². The van der Waals surface area contributed by atoms with E-state index in [-0.39, 0.29) is 19.1 Å². The summed E-state index contributed by atoms with van der Waals surface area (Å²) in [5, 5.41) is 0. The Hall–Kier alpha value is -1.10. The molecule has 5 nitrogen and oxygen atoms in total. The summed E-state index contributed by atoms with van der Waals surface area (Å²) in [7, 11) is 3.99. The molecule has 0 spiro atoms. The number of nitrogens with zero attached hydrogens (tertiary/aromatic N) is 1. The molecule has 154 valence electrons. The van der Waals surface area contributed by atoms with Crippen LogP contribution in [0.1, 0.15) is 85.0 Å². The van der Waals surface area contributed by atoms with Gasteiger partial charge in [0.1, 0.15) is 0 Å². The van der Waals surface area contributed by atoms with Crippen molar-refractivity contribution in [1.82, 2.24) is 0 Å². The summed E-state index contributed by atoms with van der Waals surface area (Å²) in [6.45, 7) is 7.48. The predicted octanol–water partition coefficient (Wildman–Crippen LogP) is 5.32. The first kappa shape index (κ1) is 24.9. The average molecular weight is 373 g/mol. The highest BCUT2D eigenvalue weighted by molar-refractivity contribution is 5.82. The van der Waals surface area contributed by atoms with Crippen LogP contribution in [0, 0.1) is 5.92 Å². The topological polar surface area (TPSA) is 52.6 Å². The number of hydrogen-bond donors (Lipinski definition) is 0. The molecule has 0 rings (SSSR count). The van der Waals surface area contributed by atoms with E-state index in [4.69, 9.17) is 9.47 Å². The van der Waals surface area contributed by atoms with Crippen LogP contribution in [-0.4, -0.2) is 50.4 Å². The predicted molar refractivity (Wildman–Crippen MR) is 106 cm³/mol. The van der Waals surface area contributed by atoms with Crippen molar-refractivity contribution in [3.8, 4) is 0 Å². The van der Waals surface area contributed by atoms with Crippen molar-refractivity contribution >= 4 is 12.1 Å². The summed E-state index contributed by atoms with van der Waals surface area (Å²) in [4.78, 5) is 23.3. The number of likely N-dealkylation sites (N-methyl/N-ethyl adjacent to an activating group) is 1. The van der Waals surface area contributed by atoms with Gasteiger partial charge in [-0.15, -0.1) is 0 Å². The van der Waals surface area contributed by atoms with Crippen LogP contribution < -0.4 is 0 Å². The van der Waals surface area contributed by atoms with Crippen LogP contribution >= 0.6 is 0 Å². The van der Waals surface area contributed by atoms with Gasteiger partial charge in [-0.25, -0.2) is 9.59 Å². The number of hydrogen-bond acceptors (Lipinski definition) is 4. The van der Waals surface area contributed by atoms with Crippen LogP contribution in [0.5, 0.6) is 0 Å². The fourth-order valence-electron chi connectivity index (χ4n) is 2.85. The van der Waals surface area contributed by atoms with Gasteiger partial charge < -0.3 is 14.0 Å². The van der Waals surface area contributed by atoms with Crippen LogP contribution in [-0.2, 0) is 14.3 Å². The van der Waals surface area contributed by atoms with Gasteiger partial charge in [-0.1, -0.05) is 72.1 Å². The van der Waals surface area contributed by atoms with E-state index in [0.29, 0.717) is 4.48 Å². The van der Waals surface area contributed by atoms with E-state index in [1.165, 1.54) is 57.8 Å². The molecule has 26 heavy (non-hydrogen) atoms. The zero-order valence-electron chi connectivity index (χ0n) is 17.8. The van der Waals surface area contributed by atoms with E-state index in [0.717, 1.165) is 13.0 Å². The minimum absolute atomic E-state index is 0.189. The van der Waals surface area contributed by atoms with Gasteiger partial charge in [0.2, 0.25) is 0 Å². The van der Waals surface area contributed by atoms with Crippen LogP contribution in [0.15, 0.2) is 0 Å². The fourth-order valence-corrected chi connectivity index (χ4v) is 2.85. The van der Waals surface area contributed by atoms with E-state index in [1.807, 2.05) is 27.9 Å². The molecule has 0 saturated heterocycles. The van der Waals surface area contributed by atoms with E-state index >= 15 is 0 Å². The van der Waals surface area contributed by atoms with Gasteiger partial charge in [0, 0.05) is 0 Å². The van der Waals surface area contributed by atoms with E-state index < -0.39 is 12.1 Å². The normalized spacial score (nSPS) is 11.6. The minimum Gasteiger partial charge on any atom is -0.434 e. The number of esters is 1. The minimum atomic E-state index is -0.886. The fraction of sp³-hybridized carbons (Fsp3) is 0.905. The number of quaternary nitrogens is 1. The lowest BCUT2D eigenvalue weighted by molar-refractivity contribution is -0.883. The maximum absolute atomic E-state index is 11.9. The molecule has 0 unspecified atom stereocenters. The molecule has 0 aliphatic rings. The Balaban J connectivity index is 3.71. The lowest BCUT2D eigenvalue weighted by Gasteiger charge is -2.28. The van der Waals surface area contributed by atoms with Gasteiger partial charge in [0.15, 0.2) is 6.54 Å². The van der Waals surface area contributed by atoms with Crippen molar-refractivity contribution in [3.63, 3.8) is 0 Å². The van der Waals surface area contributed by atoms with Gasteiger partial charge in [0.25, 0.3) is 0 Å². The smallest absolute Gasteiger partial charge is 0.434 e. The second kappa shape index (κ2) is 15.0. The highest BCUT2D eigenvalue weighted by atomic mass is 16.7. The molecule has 0 aromatic carbocycles. The van der Waals surface area contributed by atoms with Gasteiger partial charge in [0.05, 0.1) is 27.2 Å². The number of carbonyl (C=O) groups is 2. The molecule has 0 heterocycles. The molecule has 0 fully saturated rings. The van der Waals surface area contributed by atoms with Gasteiger partial charge in [-0.05, 0) is 18.8 Å². The standard InChI is InChI=1S/C21H42NO4/c1-6-7-8-9-10-11-12-13-14-15-16-22(4,5)17-20(23)26-21(24)25-18-19(2)3/h19H,6-18H2,1-5H3/q+1. The maximum Gasteiger partial charge on any atom is 0.516 e. The van der Waals surface area contributed by atoms with Crippen LogP contribution in [0.4, 0.5) is 4.79 Å². The van der Waals surface area contributed by atoms with E-state index in [1.54, 1.807) is 0 Å². The molecule has 0 aliphatic heterocycles. The highest BCUT2D eigenvalue weighted by Gasteiger charge is 2.23. The zero-order valence-corrected chi connectivity index (χ0v) is 17.8. The lowest BCUT2D eigenvalue weighted by Crippen LogP contribution is -2.45. The second-order valence-corrected chi connectivity index (χ2v) is 8.43. The molecule has 0 bridgehead atoms. The van der Waals surface area contributed by atoms with Crippen molar-refractivity contribution in [3.05, 3.63) is 0 Å². The van der Waals surface area contributed by atoms with Crippen LogP contribution in [0.2, 0.25) is 0 Å². The molecule has 0 aromatic heterocycles. The summed E-state index contributed by atoms with van der Waals surface area (Å²) in [5.41, 5.74) is 0. The van der Waals surface area contributed by atoms with Crippen LogP contribution in [0.25, 0.3) is 0 Å².